The summed E-state index contributed by atoms with van der Waals surface area (Å²) in [6.07, 6.45) is 4.16. The number of thiophene rings is 1. The monoisotopic (exact) mass is 356 g/mol. The van der Waals surface area contributed by atoms with E-state index in [0.717, 1.165) is 33.6 Å². The van der Waals surface area contributed by atoms with Crippen molar-refractivity contribution in [3.05, 3.63) is 84.0 Å². The van der Waals surface area contributed by atoms with E-state index in [1.807, 2.05) is 24.3 Å². The summed E-state index contributed by atoms with van der Waals surface area (Å²) in [5.41, 5.74) is 6.13. The number of aliphatic hydroxyl groups is 1. The van der Waals surface area contributed by atoms with Crippen LogP contribution in [0.4, 0.5) is 0 Å². The van der Waals surface area contributed by atoms with E-state index in [4.69, 9.17) is 4.98 Å². The van der Waals surface area contributed by atoms with E-state index < -0.39 is 0 Å². The minimum Gasteiger partial charge on any atom is -0.392 e. The van der Waals surface area contributed by atoms with E-state index in [0.29, 0.717) is 0 Å². The first kappa shape index (κ1) is 15.3. The number of benzene rings is 2. The molecule has 0 aliphatic rings. The van der Waals surface area contributed by atoms with Gasteiger partial charge in [0, 0.05) is 22.7 Å². The molecule has 0 saturated carbocycles. The number of aromatic nitrogens is 2. The van der Waals surface area contributed by atoms with Crippen LogP contribution in [-0.2, 0) is 6.61 Å². The molecular formula is C22H16N2OS. The standard InChI is InChI=1S/C22H16N2OS/c25-14-15-2-1-3-16(10-15)19-5-7-22-23-20(13-24(22)12-19)17-4-6-21-18(11-17)8-9-26-21/h1-13,25H,14H2. The molecule has 5 rings (SSSR count). The molecular weight excluding hydrogens is 340 g/mol. The van der Waals surface area contributed by atoms with Gasteiger partial charge in [-0.25, -0.2) is 4.98 Å². The van der Waals surface area contributed by atoms with Gasteiger partial charge < -0.3 is 9.51 Å². The third-order valence-electron chi connectivity index (χ3n) is 4.64. The van der Waals surface area contributed by atoms with Crippen LogP contribution in [0.25, 0.3) is 38.1 Å². The van der Waals surface area contributed by atoms with Crippen LogP contribution < -0.4 is 0 Å². The molecule has 5 aromatic rings. The lowest BCUT2D eigenvalue weighted by molar-refractivity contribution is 0.282. The summed E-state index contributed by atoms with van der Waals surface area (Å²) in [5, 5.41) is 12.7. The maximum absolute atomic E-state index is 9.36. The number of fused-ring (bicyclic) bond motifs is 2. The minimum absolute atomic E-state index is 0.0520. The van der Waals surface area contributed by atoms with E-state index in [2.05, 4.69) is 58.6 Å². The zero-order valence-electron chi connectivity index (χ0n) is 14.0. The van der Waals surface area contributed by atoms with Crippen molar-refractivity contribution in [1.29, 1.82) is 0 Å². The molecule has 26 heavy (non-hydrogen) atoms. The van der Waals surface area contributed by atoms with E-state index >= 15 is 0 Å². The molecule has 3 nitrogen and oxygen atoms in total. The second-order valence-electron chi connectivity index (χ2n) is 6.34. The Balaban J connectivity index is 1.59. The number of rotatable bonds is 3. The van der Waals surface area contributed by atoms with Gasteiger partial charge in [-0.15, -0.1) is 11.3 Å². The fourth-order valence-corrected chi connectivity index (χ4v) is 4.05. The molecule has 0 unspecified atom stereocenters. The maximum Gasteiger partial charge on any atom is 0.137 e. The van der Waals surface area contributed by atoms with E-state index in [1.165, 1.54) is 10.1 Å². The van der Waals surface area contributed by atoms with E-state index in [9.17, 15) is 5.11 Å². The SMILES string of the molecule is OCc1cccc(-c2ccc3nc(-c4ccc5sccc5c4)cn3c2)c1. The molecule has 0 bridgehead atoms. The molecule has 126 valence electrons. The third kappa shape index (κ3) is 2.60. The Morgan fingerprint density at radius 1 is 0.885 bits per heavy atom. The molecule has 0 spiro atoms. The number of hydrogen-bond acceptors (Lipinski definition) is 3. The summed E-state index contributed by atoms with van der Waals surface area (Å²) in [4.78, 5) is 4.77. The summed E-state index contributed by atoms with van der Waals surface area (Å²) >= 11 is 1.76. The summed E-state index contributed by atoms with van der Waals surface area (Å²) in [6.45, 7) is 0.0520. The summed E-state index contributed by atoms with van der Waals surface area (Å²) in [7, 11) is 0. The minimum atomic E-state index is 0.0520. The van der Waals surface area contributed by atoms with Crippen LogP contribution in [0.15, 0.2) is 78.4 Å². The molecule has 0 atom stereocenters. The Morgan fingerprint density at radius 3 is 2.73 bits per heavy atom. The van der Waals surface area contributed by atoms with Crippen LogP contribution in [0.3, 0.4) is 0 Å². The normalized spacial score (nSPS) is 11.4. The van der Waals surface area contributed by atoms with Crippen LogP contribution in [0, 0.1) is 0 Å². The highest BCUT2D eigenvalue weighted by Gasteiger charge is 2.07. The molecule has 1 N–H and O–H groups in total. The predicted octanol–water partition coefficient (Wildman–Crippen LogP) is 5.38. The highest BCUT2D eigenvalue weighted by molar-refractivity contribution is 7.17. The van der Waals surface area contributed by atoms with Crippen molar-refractivity contribution in [2.24, 2.45) is 0 Å². The fourth-order valence-electron chi connectivity index (χ4n) is 3.28. The van der Waals surface area contributed by atoms with Gasteiger partial charge in [0.15, 0.2) is 0 Å². The van der Waals surface area contributed by atoms with Gasteiger partial charge in [0.05, 0.1) is 12.3 Å². The van der Waals surface area contributed by atoms with Crippen molar-refractivity contribution in [2.45, 2.75) is 6.61 Å². The lowest BCUT2D eigenvalue weighted by atomic mass is 10.1. The van der Waals surface area contributed by atoms with Crippen LogP contribution in [0.2, 0.25) is 0 Å². The molecule has 0 aliphatic carbocycles. The van der Waals surface area contributed by atoms with Gasteiger partial charge >= 0.3 is 0 Å². The van der Waals surface area contributed by atoms with Gasteiger partial charge in [0.2, 0.25) is 0 Å². The van der Waals surface area contributed by atoms with Crippen LogP contribution in [0.5, 0.6) is 0 Å². The molecule has 0 saturated heterocycles. The van der Waals surface area contributed by atoms with Gasteiger partial charge in [-0.3, -0.25) is 0 Å². The number of aliphatic hydroxyl groups excluding tert-OH is 1. The van der Waals surface area contributed by atoms with Crippen molar-refractivity contribution < 1.29 is 5.11 Å². The zero-order chi connectivity index (χ0) is 17.5. The van der Waals surface area contributed by atoms with Gasteiger partial charge in [0.25, 0.3) is 0 Å². The first-order chi connectivity index (χ1) is 12.8. The third-order valence-corrected chi connectivity index (χ3v) is 5.54. The summed E-state index contributed by atoms with van der Waals surface area (Å²) in [6, 6.07) is 20.7. The molecule has 0 fully saturated rings. The average molecular weight is 356 g/mol. The largest absolute Gasteiger partial charge is 0.392 e. The summed E-state index contributed by atoms with van der Waals surface area (Å²) in [5.74, 6) is 0. The van der Waals surface area contributed by atoms with E-state index in [-0.39, 0.29) is 6.61 Å². The lowest BCUT2D eigenvalue weighted by Gasteiger charge is -2.04. The highest BCUT2D eigenvalue weighted by Crippen LogP contribution is 2.28. The van der Waals surface area contributed by atoms with Crippen LogP contribution >= 0.6 is 11.3 Å². The van der Waals surface area contributed by atoms with Gasteiger partial charge in [-0.1, -0.05) is 24.3 Å². The summed E-state index contributed by atoms with van der Waals surface area (Å²) < 4.78 is 3.36. The van der Waals surface area contributed by atoms with Crippen LogP contribution in [-0.4, -0.2) is 14.5 Å². The molecule has 4 heteroatoms. The molecule has 3 heterocycles. The van der Waals surface area contributed by atoms with Crippen molar-refractivity contribution in [1.82, 2.24) is 9.38 Å². The predicted molar refractivity (Wildman–Crippen MR) is 107 cm³/mol. The Labute approximate surface area is 154 Å². The quantitative estimate of drug-likeness (QED) is 0.471. The topological polar surface area (TPSA) is 37.5 Å². The maximum atomic E-state index is 9.36. The number of hydrogen-bond donors (Lipinski definition) is 1. The Hall–Kier alpha value is -2.95. The van der Waals surface area contributed by atoms with Crippen molar-refractivity contribution in [2.75, 3.05) is 0 Å². The highest BCUT2D eigenvalue weighted by atomic mass is 32.1. The smallest absolute Gasteiger partial charge is 0.137 e. The second kappa shape index (κ2) is 6.09. The van der Waals surface area contributed by atoms with Crippen molar-refractivity contribution in [3.8, 4) is 22.4 Å². The average Bonchev–Trinajstić information content (AvgIpc) is 3.33. The van der Waals surface area contributed by atoms with Gasteiger partial charge in [-0.05, 0) is 63.9 Å². The Kier molecular flexibility index (Phi) is 3.59. The van der Waals surface area contributed by atoms with Gasteiger partial charge in [-0.2, -0.15) is 0 Å². The lowest BCUT2D eigenvalue weighted by Crippen LogP contribution is -1.87. The fraction of sp³-hybridized carbons (Fsp3) is 0.0455. The van der Waals surface area contributed by atoms with Crippen molar-refractivity contribution >= 4 is 27.1 Å². The molecule has 3 aromatic heterocycles. The second-order valence-corrected chi connectivity index (χ2v) is 7.29. The Bertz CT molecular complexity index is 1240. The van der Waals surface area contributed by atoms with E-state index in [1.54, 1.807) is 11.3 Å². The van der Waals surface area contributed by atoms with Gasteiger partial charge in [0.1, 0.15) is 5.65 Å². The van der Waals surface area contributed by atoms with Crippen molar-refractivity contribution in [3.63, 3.8) is 0 Å². The molecule has 2 aromatic carbocycles. The first-order valence-corrected chi connectivity index (χ1v) is 9.35. The number of pyridine rings is 1. The molecule has 0 aliphatic heterocycles. The molecule has 0 amide bonds. The zero-order valence-corrected chi connectivity index (χ0v) is 14.8. The molecule has 0 radical (unpaired) electrons. The van der Waals surface area contributed by atoms with Crippen LogP contribution in [0.1, 0.15) is 5.56 Å². The number of nitrogens with zero attached hydrogens (tertiary/aromatic N) is 2. The number of imidazole rings is 1. The first-order valence-electron chi connectivity index (χ1n) is 8.47. The Morgan fingerprint density at radius 2 is 1.81 bits per heavy atom.